The van der Waals surface area contributed by atoms with E-state index in [2.05, 4.69) is 5.32 Å². The molecular formula is C10H11ClFNO2. The summed E-state index contributed by atoms with van der Waals surface area (Å²) in [5.74, 6) is -0.642. The number of amides is 1. The van der Waals surface area contributed by atoms with Crippen molar-refractivity contribution < 1.29 is 13.9 Å². The number of hydrogen-bond acceptors (Lipinski definition) is 2. The molecular weight excluding hydrogens is 221 g/mol. The number of nitrogens with one attached hydrogen (secondary N) is 1. The maximum atomic E-state index is 13.3. The van der Waals surface area contributed by atoms with Crippen molar-refractivity contribution in [1.82, 2.24) is 5.32 Å². The summed E-state index contributed by atoms with van der Waals surface area (Å²) in [6.07, 6.45) is 0. The Bertz CT molecular complexity index is 357. The Hall–Kier alpha value is -1.29. The number of carbonyl (C=O) groups excluding carboxylic acids is 1. The van der Waals surface area contributed by atoms with Crippen LogP contribution in [0.3, 0.4) is 0 Å². The van der Waals surface area contributed by atoms with Crippen molar-refractivity contribution in [1.29, 1.82) is 0 Å². The third kappa shape index (κ3) is 2.83. The molecule has 1 N–H and O–H groups in total. The lowest BCUT2D eigenvalue weighted by molar-refractivity contribution is 0.0948. The number of rotatable bonds is 4. The van der Waals surface area contributed by atoms with E-state index in [1.54, 1.807) is 0 Å². The molecule has 82 valence electrons. The van der Waals surface area contributed by atoms with E-state index in [0.29, 0.717) is 0 Å². The molecule has 0 aliphatic carbocycles. The lowest BCUT2D eigenvalue weighted by atomic mass is 10.1. The number of hydrogen-bond donors (Lipinski definition) is 1. The minimum atomic E-state index is -0.610. The van der Waals surface area contributed by atoms with E-state index in [9.17, 15) is 9.18 Å². The molecule has 0 saturated carbocycles. The Morgan fingerprint density at radius 3 is 2.93 bits per heavy atom. The summed E-state index contributed by atoms with van der Waals surface area (Å²) in [5, 5.41) is 2.47. The fourth-order valence-electron chi connectivity index (χ4n) is 1.14. The van der Waals surface area contributed by atoms with Gasteiger partial charge < -0.3 is 10.1 Å². The topological polar surface area (TPSA) is 38.3 Å². The van der Waals surface area contributed by atoms with Crippen LogP contribution in [-0.4, -0.2) is 25.4 Å². The summed E-state index contributed by atoms with van der Waals surface area (Å²) in [7, 11) is 1.38. The summed E-state index contributed by atoms with van der Waals surface area (Å²) < 4.78 is 18.2. The van der Waals surface area contributed by atoms with Crippen LogP contribution >= 0.6 is 11.6 Å². The second kappa shape index (κ2) is 5.56. The first-order chi connectivity index (χ1) is 7.20. The van der Waals surface area contributed by atoms with Crippen LogP contribution in [-0.2, 0) is 0 Å². The van der Waals surface area contributed by atoms with Gasteiger partial charge in [0.1, 0.15) is 17.1 Å². The van der Waals surface area contributed by atoms with Crippen LogP contribution in [0.5, 0.6) is 5.75 Å². The van der Waals surface area contributed by atoms with Crippen LogP contribution in [0.4, 0.5) is 4.39 Å². The first kappa shape index (κ1) is 11.8. The number of ether oxygens (including phenoxy) is 1. The summed E-state index contributed by atoms with van der Waals surface area (Å²) in [4.78, 5) is 11.5. The summed E-state index contributed by atoms with van der Waals surface area (Å²) in [6.45, 7) is 0.290. The largest absolute Gasteiger partial charge is 0.496 e. The van der Waals surface area contributed by atoms with Crippen LogP contribution in [0.15, 0.2) is 18.2 Å². The van der Waals surface area contributed by atoms with E-state index < -0.39 is 11.7 Å². The molecule has 0 spiro atoms. The van der Waals surface area contributed by atoms with Crippen LogP contribution in [0, 0.1) is 5.82 Å². The lowest BCUT2D eigenvalue weighted by Crippen LogP contribution is -2.26. The number of halogens is 2. The molecule has 0 fully saturated rings. The standard InChI is InChI=1S/C10H11ClFNO2/c1-15-8-4-2-3-7(12)9(8)10(14)13-6-5-11/h2-4H,5-6H2,1H3,(H,13,14). The van der Waals surface area contributed by atoms with Gasteiger partial charge in [-0.25, -0.2) is 4.39 Å². The van der Waals surface area contributed by atoms with Gasteiger partial charge in [0.05, 0.1) is 7.11 Å². The van der Waals surface area contributed by atoms with Crippen molar-refractivity contribution in [2.24, 2.45) is 0 Å². The minimum Gasteiger partial charge on any atom is -0.496 e. The number of carbonyl (C=O) groups is 1. The molecule has 0 radical (unpaired) electrons. The molecule has 0 unspecified atom stereocenters. The van der Waals surface area contributed by atoms with Gasteiger partial charge in [0, 0.05) is 12.4 Å². The predicted molar refractivity (Wildman–Crippen MR) is 56.0 cm³/mol. The summed E-state index contributed by atoms with van der Waals surface area (Å²) in [5.41, 5.74) is -0.0925. The molecule has 5 heteroatoms. The number of alkyl halides is 1. The molecule has 0 heterocycles. The van der Waals surface area contributed by atoms with E-state index in [0.717, 1.165) is 0 Å². The first-order valence-corrected chi connectivity index (χ1v) is 4.90. The van der Waals surface area contributed by atoms with Crippen molar-refractivity contribution in [3.05, 3.63) is 29.6 Å². The zero-order valence-electron chi connectivity index (χ0n) is 8.22. The Balaban J connectivity index is 2.95. The Morgan fingerprint density at radius 1 is 1.60 bits per heavy atom. The highest BCUT2D eigenvalue weighted by molar-refractivity contribution is 6.18. The van der Waals surface area contributed by atoms with E-state index in [4.69, 9.17) is 16.3 Å². The van der Waals surface area contributed by atoms with Gasteiger partial charge >= 0.3 is 0 Å². The molecule has 0 saturated heterocycles. The molecule has 0 atom stereocenters. The quantitative estimate of drug-likeness (QED) is 0.803. The average molecular weight is 232 g/mol. The van der Waals surface area contributed by atoms with Gasteiger partial charge in [-0.05, 0) is 12.1 Å². The summed E-state index contributed by atoms with van der Waals surface area (Å²) in [6, 6.07) is 4.21. The van der Waals surface area contributed by atoms with E-state index in [-0.39, 0.29) is 23.7 Å². The molecule has 1 amide bonds. The maximum Gasteiger partial charge on any atom is 0.258 e. The Morgan fingerprint density at radius 2 is 2.33 bits per heavy atom. The SMILES string of the molecule is COc1cccc(F)c1C(=O)NCCCl. The Labute approximate surface area is 92.2 Å². The van der Waals surface area contributed by atoms with Crippen LogP contribution in [0.25, 0.3) is 0 Å². The molecule has 0 aliphatic heterocycles. The monoisotopic (exact) mass is 231 g/mol. The smallest absolute Gasteiger partial charge is 0.258 e. The molecule has 3 nitrogen and oxygen atoms in total. The van der Waals surface area contributed by atoms with Crippen LogP contribution in [0.1, 0.15) is 10.4 Å². The van der Waals surface area contributed by atoms with Gasteiger partial charge in [0.25, 0.3) is 5.91 Å². The molecule has 1 aromatic rings. The van der Waals surface area contributed by atoms with E-state index >= 15 is 0 Å². The normalized spacial score (nSPS) is 9.80. The highest BCUT2D eigenvalue weighted by Gasteiger charge is 2.16. The van der Waals surface area contributed by atoms with Crippen molar-refractivity contribution in [3.63, 3.8) is 0 Å². The van der Waals surface area contributed by atoms with Crippen molar-refractivity contribution in [2.45, 2.75) is 0 Å². The van der Waals surface area contributed by atoms with Crippen molar-refractivity contribution in [2.75, 3.05) is 19.5 Å². The highest BCUT2D eigenvalue weighted by Crippen LogP contribution is 2.20. The van der Waals surface area contributed by atoms with E-state index in [1.165, 1.54) is 25.3 Å². The van der Waals surface area contributed by atoms with Gasteiger partial charge in [0.15, 0.2) is 0 Å². The highest BCUT2D eigenvalue weighted by atomic mass is 35.5. The Kier molecular flexibility index (Phi) is 4.37. The first-order valence-electron chi connectivity index (χ1n) is 4.37. The summed E-state index contributed by atoms with van der Waals surface area (Å²) >= 11 is 5.41. The lowest BCUT2D eigenvalue weighted by Gasteiger charge is -2.08. The van der Waals surface area contributed by atoms with E-state index in [1.807, 2.05) is 0 Å². The average Bonchev–Trinajstić information content (AvgIpc) is 2.25. The van der Waals surface area contributed by atoms with Gasteiger partial charge in [-0.1, -0.05) is 6.07 Å². The van der Waals surface area contributed by atoms with Crippen molar-refractivity contribution in [3.8, 4) is 5.75 Å². The van der Waals surface area contributed by atoms with Gasteiger partial charge in [0.2, 0.25) is 0 Å². The van der Waals surface area contributed by atoms with Crippen LogP contribution < -0.4 is 10.1 Å². The number of methoxy groups -OCH3 is 1. The fourth-order valence-corrected chi connectivity index (χ4v) is 1.24. The molecule has 15 heavy (non-hydrogen) atoms. The number of benzene rings is 1. The van der Waals surface area contributed by atoms with Gasteiger partial charge in [-0.15, -0.1) is 11.6 Å². The third-order valence-corrected chi connectivity index (χ3v) is 1.99. The predicted octanol–water partition coefficient (Wildman–Crippen LogP) is 1.80. The van der Waals surface area contributed by atoms with Crippen molar-refractivity contribution >= 4 is 17.5 Å². The molecule has 1 aromatic carbocycles. The zero-order valence-corrected chi connectivity index (χ0v) is 8.97. The molecule has 1 rings (SSSR count). The maximum absolute atomic E-state index is 13.3. The molecule has 0 bridgehead atoms. The second-order valence-corrected chi connectivity index (χ2v) is 3.14. The zero-order chi connectivity index (χ0) is 11.3. The molecule has 0 aromatic heterocycles. The second-order valence-electron chi connectivity index (χ2n) is 2.76. The van der Waals surface area contributed by atoms with Crippen LogP contribution in [0.2, 0.25) is 0 Å². The fraction of sp³-hybridized carbons (Fsp3) is 0.300. The van der Waals surface area contributed by atoms with Gasteiger partial charge in [-0.2, -0.15) is 0 Å². The third-order valence-electron chi connectivity index (χ3n) is 1.80. The molecule has 0 aliphatic rings. The van der Waals surface area contributed by atoms with Gasteiger partial charge in [-0.3, -0.25) is 4.79 Å². The minimum absolute atomic E-state index is 0.0925.